The number of hydrogen-bond acceptors (Lipinski definition) is 3. The van der Waals surface area contributed by atoms with E-state index in [1.165, 1.54) is 5.56 Å². The van der Waals surface area contributed by atoms with E-state index in [4.69, 9.17) is 9.47 Å². The van der Waals surface area contributed by atoms with Gasteiger partial charge in [-0.3, -0.25) is 0 Å². The van der Waals surface area contributed by atoms with Crippen molar-refractivity contribution in [3.63, 3.8) is 0 Å². The highest BCUT2D eigenvalue weighted by Gasteiger charge is 2.13. The maximum atomic E-state index is 5.73. The van der Waals surface area contributed by atoms with Crippen LogP contribution in [0.2, 0.25) is 0 Å². The van der Waals surface area contributed by atoms with Crippen molar-refractivity contribution in [1.82, 2.24) is 5.32 Å². The number of rotatable bonds is 7. The average Bonchev–Trinajstić information content (AvgIpc) is 2.35. The van der Waals surface area contributed by atoms with E-state index < -0.39 is 0 Å². The number of methoxy groups -OCH3 is 1. The quantitative estimate of drug-likeness (QED) is 0.796. The fourth-order valence-corrected chi connectivity index (χ4v) is 2.41. The zero-order valence-electron chi connectivity index (χ0n) is 13.2. The van der Waals surface area contributed by atoms with E-state index in [-0.39, 0.29) is 5.41 Å². The molecule has 0 unspecified atom stereocenters. The first-order valence-electron chi connectivity index (χ1n) is 7.07. The number of halogens is 1. The normalized spacial score (nSPS) is 11.5. The van der Waals surface area contributed by atoms with Gasteiger partial charge in [-0.25, -0.2) is 0 Å². The van der Waals surface area contributed by atoms with Crippen molar-refractivity contribution in [3.05, 3.63) is 22.2 Å². The summed E-state index contributed by atoms with van der Waals surface area (Å²) in [5, 5.41) is 3.47. The summed E-state index contributed by atoms with van der Waals surface area (Å²) in [6, 6.07) is 4.12. The van der Waals surface area contributed by atoms with Crippen LogP contribution in [0.3, 0.4) is 0 Å². The molecule has 0 radical (unpaired) electrons. The molecule has 3 nitrogen and oxygen atoms in total. The minimum Gasteiger partial charge on any atom is -0.493 e. The second-order valence-electron chi connectivity index (χ2n) is 6.12. The Morgan fingerprint density at radius 1 is 1.25 bits per heavy atom. The Hall–Kier alpha value is -0.740. The Morgan fingerprint density at radius 3 is 2.50 bits per heavy atom. The smallest absolute Gasteiger partial charge is 0.175 e. The number of benzene rings is 1. The molecule has 0 aliphatic carbocycles. The van der Waals surface area contributed by atoms with Crippen LogP contribution in [-0.4, -0.2) is 20.3 Å². The zero-order valence-corrected chi connectivity index (χ0v) is 14.8. The molecule has 1 rings (SSSR count). The predicted molar refractivity (Wildman–Crippen MR) is 87.6 cm³/mol. The third kappa shape index (κ3) is 5.71. The topological polar surface area (TPSA) is 30.5 Å². The summed E-state index contributed by atoms with van der Waals surface area (Å²) in [6.07, 6.45) is 0.977. The standard InChI is InChI=1S/C16H26BrNO2/c1-6-7-20-15-13(17)8-12(9-14(15)19-5)10-18-11-16(2,3)4/h8-9,18H,6-7,10-11H2,1-5H3. The minimum atomic E-state index is 0.283. The van der Waals surface area contributed by atoms with Crippen LogP contribution in [0.5, 0.6) is 11.5 Å². The van der Waals surface area contributed by atoms with E-state index in [2.05, 4.69) is 55.0 Å². The summed E-state index contributed by atoms with van der Waals surface area (Å²) in [5.41, 5.74) is 1.47. The van der Waals surface area contributed by atoms with Gasteiger partial charge in [0, 0.05) is 13.1 Å². The van der Waals surface area contributed by atoms with Crippen molar-refractivity contribution in [3.8, 4) is 11.5 Å². The van der Waals surface area contributed by atoms with Crippen molar-refractivity contribution in [2.75, 3.05) is 20.3 Å². The molecule has 0 bridgehead atoms. The Morgan fingerprint density at radius 2 is 1.95 bits per heavy atom. The van der Waals surface area contributed by atoms with Crippen LogP contribution in [-0.2, 0) is 6.54 Å². The fourth-order valence-electron chi connectivity index (χ4n) is 1.80. The van der Waals surface area contributed by atoms with Crippen LogP contribution < -0.4 is 14.8 Å². The lowest BCUT2D eigenvalue weighted by Crippen LogP contribution is -2.26. The maximum Gasteiger partial charge on any atom is 0.175 e. The minimum absolute atomic E-state index is 0.283. The molecular formula is C16H26BrNO2. The number of nitrogens with one attached hydrogen (secondary N) is 1. The summed E-state index contributed by atoms with van der Waals surface area (Å²) in [4.78, 5) is 0. The number of ether oxygens (including phenoxy) is 2. The van der Waals surface area contributed by atoms with Gasteiger partial charge in [-0.05, 0) is 45.5 Å². The van der Waals surface area contributed by atoms with Crippen LogP contribution in [0.4, 0.5) is 0 Å². The third-order valence-corrected chi connectivity index (χ3v) is 3.31. The molecule has 0 spiro atoms. The fraction of sp³-hybridized carbons (Fsp3) is 0.625. The molecule has 20 heavy (non-hydrogen) atoms. The average molecular weight is 344 g/mol. The highest BCUT2D eigenvalue weighted by Crippen LogP contribution is 2.36. The molecule has 1 aromatic carbocycles. The van der Waals surface area contributed by atoms with Gasteiger partial charge >= 0.3 is 0 Å². The third-order valence-electron chi connectivity index (χ3n) is 2.72. The lowest BCUT2D eigenvalue weighted by molar-refractivity contribution is 0.292. The van der Waals surface area contributed by atoms with E-state index in [0.29, 0.717) is 6.61 Å². The Bertz CT molecular complexity index is 427. The van der Waals surface area contributed by atoms with Gasteiger partial charge < -0.3 is 14.8 Å². The van der Waals surface area contributed by atoms with Crippen molar-refractivity contribution in [2.24, 2.45) is 5.41 Å². The van der Waals surface area contributed by atoms with Crippen molar-refractivity contribution >= 4 is 15.9 Å². The molecule has 0 heterocycles. The van der Waals surface area contributed by atoms with Gasteiger partial charge in [-0.15, -0.1) is 0 Å². The van der Waals surface area contributed by atoms with Gasteiger partial charge in [0.2, 0.25) is 0 Å². The molecule has 0 saturated heterocycles. The molecule has 0 aliphatic heterocycles. The molecule has 0 saturated carbocycles. The molecule has 4 heteroatoms. The Balaban J connectivity index is 2.77. The lowest BCUT2D eigenvalue weighted by atomic mass is 9.97. The van der Waals surface area contributed by atoms with Crippen molar-refractivity contribution in [2.45, 2.75) is 40.7 Å². The largest absolute Gasteiger partial charge is 0.493 e. The van der Waals surface area contributed by atoms with Gasteiger partial charge in [0.1, 0.15) is 0 Å². The molecule has 0 fully saturated rings. The van der Waals surface area contributed by atoms with E-state index in [0.717, 1.165) is 35.5 Å². The van der Waals surface area contributed by atoms with E-state index in [1.54, 1.807) is 7.11 Å². The summed E-state index contributed by atoms with van der Waals surface area (Å²) >= 11 is 3.57. The van der Waals surface area contributed by atoms with Crippen LogP contribution in [0.25, 0.3) is 0 Å². The van der Waals surface area contributed by atoms with Crippen LogP contribution in [0.1, 0.15) is 39.7 Å². The molecule has 1 aromatic rings. The summed E-state index contributed by atoms with van der Waals surface area (Å²) in [6.45, 7) is 11.2. The number of hydrogen-bond donors (Lipinski definition) is 1. The highest BCUT2D eigenvalue weighted by atomic mass is 79.9. The van der Waals surface area contributed by atoms with Gasteiger partial charge in [0.15, 0.2) is 11.5 Å². The SMILES string of the molecule is CCCOc1c(Br)cc(CNCC(C)(C)C)cc1OC. The summed E-state index contributed by atoms with van der Waals surface area (Å²) in [5.74, 6) is 1.56. The first-order valence-corrected chi connectivity index (χ1v) is 7.86. The van der Waals surface area contributed by atoms with E-state index in [1.807, 2.05) is 6.07 Å². The second kappa shape index (κ2) is 7.89. The Kier molecular flexibility index (Phi) is 6.83. The first-order chi connectivity index (χ1) is 9.37. The predicted octanol–water partition coefficient (Wildman–Crippen LogP) is 4.38. The molecule has 0 aliphatic rings. The maximum absolute atomic E-state index is 5.73. The lowest BCUT2D eigenvalue weighted by Gasteiger charge is -2.19. The van der Waals surface area contributed by atoms with Gasteiger partial charge in [0.25, 0.3) is 0 Å². The summed E-state index contributed by atoms with van der Waals surface area (Å²) in [7, 11) is 1.67. The Labute approximate surface area is 131 Å². The first kappa shape index (κ1) is 17.3. The second-order valence-corrected chi connectivity index (χ2v) is 6.98. The van der Waals surface area contributed by atoms with Crippen molar-refractivity contribution in [1.29, 1.82) is 0 Å². The van der Waals surface area contributed by atoms with Gasteiger partial charge in [-0.2, -0.15) is 0 Å². The van der Waals surface area contributed by atoms with Crippen LogP contribution >= 0.6 is 15.9 Å². The molecule has 114 valence electrons. The molecular weight excluding hydrogens is 318 g/mol. The summed E-state index contributed by atoms with van der Waals surface area (Å²) < 4.78 is 12.1. The van der Waals surface area contributed by atoms with E-state index in [9.17, 15) is 0 Å². The molecule has 0 aromatic heterocycles. The van der Waals surface area contributed by atoms with Gasteiger partial charge in [0.05, 0.1) is 18.2 Å². The monoisotopic (exact) mass is 343 g/mol. The van der Waals surface area contributed by atoms with E-state index >= 15 is 0 Å². The van der Waals surface area contributed by atoms with Crippen LogP contribution in [0, 0.1) is 5.41 Å². The van der Waals surface area contributed by atoms with Crippen LogP contribution in [0.15, 0.2) is 16.6 Å². The van der Waals surface area contributed by atoms with Crippen molar-refractivity contribution < 1.29 is 9.47 Å². The zero-order chi connectivity index (χ0) is 15.2. The molecule has 0 amide bonds. The molecule has 0 atom stereocenters. The van der Waals surface area contributed by atoms with Gasteiger partial charge in [-0.1, -0.05) is 27.7 Å². The highest BCUT2D eigenvalue weighted by molar-refractivity contribution is 9.10. The molecule has 1 N–H and O–H groups in total.